The largest absolute Gasteiger partial charge is 0.337 e. The van der Waals surface area contributed by atoms with E-state index in [1.54, 1.807) is 6.08 Å². The third-order valence-electron chi connectivity index (χ3n) is 3.82. The molecular formula is C17H24N2O. The highest BCUT2D eigenvalue weighted by Crippen LogP contribution is 2.10. The van der Waals surface area contributed by atoms with Crippen LogP contribution < -0.4 is 0 Å². The predicted molar refractivity (Wildman–Crippen MR) is 83.5 cm³/mol. The van der Waals surface area contributed by atoms with Crippen molar-refractivity contribution in [2.45, 2.75) is 20.3 Å². The molecule has 3 heteroatoms. The van der Waals surface area contributed by atoms with Crippen molar-refractivity contribution < 1.29 is 4.79 Å². The fraction of sp³-hybridized carbons (Fsp3) is 0.471. The van der Waals surface area contributed by atoms with Gasteiger partial charge in [0.1, 0.15) is 0 Å². The molecule has 1 aliphatic heterocycles. The molecule has 0 aromatic heterocycles. The van der Waals surface area contributed by atoms with Crippen LogP contribution in [0.25, 0.3) is 6.08 Å². The molecule has 1 saturated heterocycles. The summed E-state index contributed by atoms with van der Waals surface area (Å²) < 4.78 is 0. The lowest BCUT2D eigenvalue weighted by Gasteiger charge is -2.34. The van der Waals surface area contributed by atoms with E-state index in [9.17, 15) is 4.79 Å². The number of piperazine rings is 1. The van der Waals surface area contributed by atoms with Crippen LogP contribution in [-0.4, -0.2) is 48.4 Å². The number of benzene rings is 1. The highest BCUT2D eigenvalue weighted by atomic mass is 16.2. The standard InChI is InChI=1S/C17H24N2O/c1-3-10-18-11-13-19(14-12-18)17(20)9-8-16-7-5-4-6-15(16)2/h4-9H,3,10-14H2,1-2H3. The summed E-state index contributed by atoms with van der Waals surface area (Å²) in [5, 5.41) is 0. The number of hydrogen-bond acceptors (Lipinski definition) is 2. The lowest BCUT2D eigenvalue weighted by Crippen LogP contribution is -2.48. The van der Waals surface area contributed by atoms with Crippen molar-refractivity contribution in [2.24, 2.45) is 0 Å². The summed E-state index contributed by atoms with van der Waals surface area (Å²) in [5.74, 6) is 0.129. The van der Waals surface area contributed by atoms with E-state index < -0.39 is 0 Å². The van der Waals surface area contributed by atoms with Crippen LogP contribution in [0.1, 0.15) is 24.5 Å². The molecular weight excluding hydrogens is 248 g/mol. The summed E-state index contributed by atoms with van der Waals surface area (Å²) in [4.78, 5) is 16.5. The van der Waals surface area contributed by atoms with Crippen molar-refractivity contribution in [2.75, 3.05) is 32.7 Å². The SMILES string of the molecule is CCCN1CCN(C(=O)C=Cc2ccccc2C)CC1. The molecule has 0 unspecified atom stereocenters. The second kappa shape index (κ2) is 7.25. The molecule has 0 saturated carbocycles. The van der Waals surface area contributed by atoms with Crippen molar-refractivity contribution in [1.82, 2.24) is 9.80 Å². The highest BCUT2D eigenvalue weighted by molar-refractivity contribution is 5.92. The average molecular weight is 272 g/mol. The van der Waals surface area contributed by atoms with Crippen LogP contribution in [0, 0.1) is 6.92 Å². The van der Waals surface area contributed by atoms with Gasteiger partial charge in [-0.15, -0.1) is 0 Å². The van der Waals surface area contributed by atoms with Crippen molar-refractivity contribution in [1.29, 1.82) is 0 Å². The molecule has 0 aliphatic carbocycles. The zero-order chi connectivity index (χ0) is 14.4. The van der Waals surface area contributed by atoms with Crippen molar-refractivity contribution in [3.05, 3.63) is 41.5 Å². The highest BCUT2D eigenvalue weighted by Gasteiger charge is 2.18. The van der Waals surface area contributed by atoms with Gasteiger partial charge in [-0.1, -0.05) is 31.2 Å². The van der Waals surface area contributed by atoms with Crippen LogP contribution in [0.15, 0.2) is 30.3 Å². The average Bonchev–Trinajstić information content (AvgIpc) is 2.47. The van der Waals surface area contributed by atoms with Gasteiger partial charge in [0.2, 0.25) is 5.91 Å². The molecule has 0 bridgehead atoms. The maximum Gasteiger partial charge on any atom is 0.246 e. The molecule has 1 aromatic rings. The molecule has 1 heterocycles. The Balaban J connectivity index is 1.88. The first-order valence-electron chi connectivity index (χ1n) is 7.45. The summed E-state index contributed by atoms with van der Waals surface area (Å²) in [6.07, 6.45) is 4.81. The molecule has 2 rings (SSSR count). The zero-order valence-electron chi connectivity index (χ0n) is 12.5. The summed E-state index contributed by atoms with van der Waals surface area (Å²) in [5.41, 5.74) is 2.31. The molecule has 108 valence electrons. The van der Waals surface area contributed by atoms with E-state index in [-0.39, 0.29) is 5.91 Å². The summed E-state index contributed by atoms with van der Waals surface area (Å²) in [6, 6.07) is 8.12. The van der Waals surface area contributed by atoms with Gasteiger partial charge in [0.15, 0.2) is 0 Å². The van der Waals surface area contributed by atoms with Crippen molar-refractivity contribution >= 4 is 12.0 Å². The molecule has 0 spiro atoms. The molecule has 0 radical (unpaired) electrons. The number of hydrogen-bond donors (Lipinski definition) is 0. The van der Waals surface area contributed by atoms with E-state index in [0.29, 0.717) is 0 Å². The normalized spacial score (nSPS) is 16.8. The van der Waals surface area contributed by atoms with Crippen LogP contribution >= 0.6 is 0 Å². The zero-order valence-corrected chi connectivity index (χ0v) is 12.5. The van der Waals surface area contributed by atoms with Gasteiger partial charge in [0, 0.05) is 32.3 Å². The Morgan fingerprint density at radius 1 is 1.20 bits per heavy atom. The fourth-order valence-corrected chi connectivity index (χ4v) is 2.55. The van der Waals surface area contributed by atoms with E-state index in [4.69, 9.17) is 0 Å². The number of carbonyl (C=O) groups excluding carboxylic acids is 1. The van der Waals surface area contributed by atoms with Crippen LogP contribution in [0.2, 0.25) is 0 Å². The van der Waals surface area contributed by atoms with Gasteiger partial charge < -0.3 is 4.90 Å². The third-order valence-corrected chi connectivity index (χ3v) is 3.82. The summed E-state index contributed by atoms with van der Waals surface area (Å²) >= 11 is 0. The van der Waals surface area contributed by atoms with Gasteiger partial charge >= 0.3 is 0 Å². The van der Waals surface area contributed by atoms with E-state index in [1.807, 2.05) is 29.2 Å². The smallest absolute Gasteiger partial charge is 0.246 e. The molecule has 1 fully saturated rings. The molecule has 1 aliphatic rings. The number of aryl methyl sites for hydroxylation is 1. The number of carbonyl (C=O) groups is 1. The second-order valence-corrected chi connectivity index (χ2v) is 5.36. The van der Waals surface area contributed by atoms with Crippen LogP contribution in [0.4, 0.5) is 0 Å². The van der Waals surface area contributed by atoms with Gasteiger partial charge in [-0.25, -0.2) is 0 Å². The first-order valence-corrected chi connectivity index (χ1v) is 7.45. The van der Waals surface area contributed by atoms with E-state index in [2.05, 4.69) is 24.8 Å². The predicted octanol–water partition coefficient (Wildman–Crippen LogP) is 2.56. The lowest BCUT2D eigenvalue weighted by atomic mass is 10.1. The van der Waals surface area contributed by atoms with Gasteiger partial charge in [0.05, 0.1) is 0 Å². The minimum absolute atomic E-state index is 0.129. The fourth-order valence-electron chi connectivity index (χ4n) is 2.55. The monoisotopic (exact) mass is 272 g/mol. The third kappa shape index (κ3) is 3.94. The van der Waals surface area contributed by atoms with E-state index in [0.717, 1.165) is 38.3 Å². The minimum atomic E-state index is 0.129. The first kappa shape index (κ1) is 14.8. The number of rotatable bonds is 4. The van der Waals surface area contributed by atoms with E-state index >= 15 is 0 Å². The Morgan fingerprint density at radius 3 is 2.55 bits per heavy atom. The Labute approximate surface area is 121 Å². The topological polar surface area (TPSA) is 23.6 Å². The first-order chi connectivity index (χ1) is 9.70. The second-order valence-electron chi connectivity index (χ2n) is 5.36. The van der Waals surface area contributed by atoms with Crippen LogP contribution in [-0.2, 0) is 4.79 Å². The maximum absolute atomic E-state index is 12.2. The molecule has 0 atom stereocenters. The summed E-state index contributed by atoms with van der Waals surface area (Å²) in [6.45, 7) is 9.08. The van der Waals surface area contributed by atoms with Crippen molar-refractivity contribution in [3.63, 3.8) is 0 Å². The number of amides is 1. The molecule has 1 aromatic carbocycles. The van der Waals surface area contributed by atoms with E-state index in [1.165, 1.54) is 12.0 Å². The molecule has 20 heavy (non-hydrogen) atoms. The Bertz CT molecular complexity index is 474. The molecule has 1 amide bonds. The summed E-state index contributed by atoms with van der Waals surface area (Å²) in [7, 11) is 0. The van der Waals surface area contributed by atoms with Gasteiger partial charge in [-0.2, -0.15) is 0 Å². The molecule has 3 nitrogen and oxygen atoms in total. The number of nitrogens with zero attached hydrogens (tertiary/aromatic N) is 2. The Hall–Kier alpha value is -1.61. The van der Waals surface area contributed by atoms with Crippen molar-refractivity contribution in [3.8, 4) is 0 Å². The van der Waals surface area contributed by atoms with Gasteiger partial charge in [-0.3, -0.25) is 9.69 Å². The Morgan fingerprint density at radius 2 is 1.90 bits per heavy atom. The Kier molecular flexibility index (Phi) is 5.36. The quantitative estimate of drug-likeness (QED) is 0.787. The minimum Gasteiger partial charge on any atom is -0.337 e. The van der Waals surface area contributed by atoms with Crippen LogP contribution in [0.3, 0.4) is 0 Å². The lowest BCUT2D eigenvalue weighted by molar-refractivity contribution is -0.127. The van der Waals surface area contributed by atoms with Gasteiger partial charge in [-0.05, 0) is 37.1 Å². The van der Waals surface area contributed by atoms with Gasteiger partial charge in [0.25, 0.3) is 0 Å². The van der Waals surface area contributed by atoms with Crippen LogP contribution in [0.5, 0.6) is 0 Å². The molecule has 0 N–H and O–H groups in total. The maximum atomic E-state index is 12.2.